The number of hydrogen-bond donors (Lipinski definition) is 0. The summed E-state index contributed by atoms with van der Waals surface area (Å²) in [5, 5.41) is 11.1. The van der Waals surface area contributed by atoms with Crippen LogP contribution in [0.4, 0.5) is 5.69 Å². The molecular formula is C16H17NO3. The van der Waals surface area contributed by atoms with Crippen molar-refractivity contribution in [2.24, 2.45) is 5.92 Å². The van der Waals surface area contributed by atoms with Crippen LogP contribution in [0.25, 0.3) is 0 Å². The zero-order chi connectivity index (χ0) is 14.5. The van der Waals surface area contributed by atoms with Crippen LogP contribution in [0.2, 0.25) is 0 Å². The maximum Gasteiger partial charge on any atom is 0.311 e. The zero-order valence-electron chi connectivity index (χ0n) is 11.6. The van der Waals surface area contributed by atoms with Crippen LogP contribution < -0.4 is 4.74 Å². The minimum atomic E-state index is -0.419. The van der Waals surface area contributed by atoms with Gasteiger partial charge < -0.3 is 4.74 Å². The molecule has 0 saturated carbocycles. The predicted octanol–water partition coefficient (Wildman–Crippen LogP) is 4.59. The number of rotatable bonds is 5. The zero-order valence-corrected chi connectivity index (χ0v) is 11.6. The van der Waals surface area contributed by atoms with E-state index >= 15 is 0 Å². The number of ether oxygens (including phenoxy) is 1. The summed E-state index contributed by atoms with van der Waals surface area (Å²) in [7, 11) is 0. The number of nitro groups is 1. The fourth-order valence-electron chi connectivity index (χ4n) is 2.00. The normalized spacial score (nSPS) is 10.6. The van der Waals surface area contributed by atoms with Gasteiger partial charge in [0.25, 0.3) is 0 Å². The van der Waals surface area contributed by atoms with E-state index in [1.807, 2.05) is 18.2 Å². The van der Waals surface area contributed by atoms with E-state index in [0.717, 1.165) is 12.0 Å². The predicted molar refractivity (Wildman–Crippen MR) is 78.2 cm³/mol. The molecule has 0 heterocycles. The Morgan fingerprint density at radius 1 is 1.15 bits per heavy atom. The molecule has 0 atom stereocenters. The second kappa shape index (κ2) is 6.19. The van der Waals surface area contributed by atoms with Gasteiger partial charge in [0.05, 0.1) is 4.92 Å². The highest BCUT2D eigenvalue weighted by Crippen LogP contribution is 2.32. The van der Waals surface area contributed by atoms with Gasteiger partial charge in [-0.3, -0.25) is 10.1 Å². The second-order valence-corrected chi connectivity index (χ2v) is 5.07. The van der Waals surface area contributed by atoms with Crippen molar-refractivity contribution >= 4 is 5.69 Å². The first-order valence-electron chi connectivity index (χ1n) is 6.56. The van der Waals surface area contributed by atoms with Gasteiger partial charge in [-0.25, -0.2) is 0 Å². The van der Waals surface area contributed by atoms with Crippen LogP contribution in [0.1, 0.15) is 19.4 Å². The minimum absolute atomic E-state index is 0.0126. The summed E-state index contributed by atoms with van der Waals surface area (Å²) in [5.41, 5.74) is 1.03. The molecule has 0 aliphatic heterocycles. The monoisotopic (exact) mass is 271 g/mol. The van der Waals surface area contributed by atoms with Crippen LogP contribution in [0.5, 0.6) is 11.5 Å². The highest BCUT2D eigenvalue weighted by Gasteiger charge is 2.16. The lowest BCUT2D eigenvalue weighted by atomic mass is 10.0. The topological polar surface area (TPSA) is 52.4 Å². The third kappa shape index (κ3) is 3.57. The average Bonchev–Trinajstić information content (AvgIpc) is 2.39. The third-order valence-corrected chi connectivity index (χ3v) is 2.84. The van der Waals surface area contributed by atoms with Gasteiger partial charge in [0.15, 0.2) is 0 Å². The number of hydrogen-bond acceptors (Lipinski definition) is 3. The van der Waals surface area contributed by atoms with E-state index in [0.29, 0.717) is 17.4 Å². The quantitative estimate of drug-likeness (QED) is 0.590. The molecule has 4 nitrogen and oxygen atoms in total. The Morgan fingerprint density at radius 2 is 1.85 bits per heavy atom. The maximum atomic E-state index is 11.1. The Hall–Kier alpha value is -2.36. The van der Waals surface area contributed by atoms with Crippen LogP contribution in [0.3, 0.4) is 0 Å². The van der Waals surface area contributed by atoms with Gasteiger partial charge >= 0.3 is 5.69 Å². The van der Waals surface area contributed by atoms with E-state index in [2.05, 4.69) is 13.8 Å². The highest BCUT2D eigenvalue weighted by molar-refractivity contribution is 5.50. The molecule has 0 amide bonds. The highest BCUT2D eigenvalue weighted by atomic mass is 16.6. The molecule has 0 radical (unpaired) electrons. The standard InChI is InChI=1S/C16H17NO3/c1-12(2)10-13-8-9-15(17(18)19)16(11-13)20-14-6-4-3-5-7-14/h3-9,11-12H,10H2,1-2H3. The van der Waals surface area contributed by atoms with Crippen molar-refractivity contribution in [3.8, 4) is 11.5 Å². The van der Waals surface area contributed by atoms with E-state index in [1.165, 1.54) is 6.07 Å². The molecule has 2 aromatic rings. The minimum Gasteiger partial charge on any atom is -0.450 e. The van der Waals surface area contributed by atoms with Gasteiger partial charge in [-0.2, -0.15) is 0 Å². The number of para-hydroxylation sites is 1. The molecule has 0 unspecified atom stereocenters. The van der Waals surface area contributed by atoms with Gasteiger partial charge in [-0.05, 0) is 36.1 Å². The number of nitro benzene ring substituents is 1. The smallest absolute Gasteiger partial charge is 0.311 e. The first kappa shape index (κ1) is 14.1. The SMILES string of the molecule is CC(C)Cc1ccc([N+](=O)[O-])c(Oc2ccccc2)c1. The molecule has 2 rings (SSSR count). The van der Waals surface area contributed by atoms with E-state index in [1.54, 1.807) is 24.3 Å². The average molecular weight is 271 g/mol. The van der Waals surface area contributed by atoms with E-state index in [-0.39, 0.29) is 5.69 Å². The summed E-state index contributed by atoms with van der Waals surface area (Å²) in [4.78, 5) is 10.7. The Labute approximate surface area is 118 Å². The van der Waals surface area contributed by atoms with Gasteiger partial charge in [0.1, 0.15) is 5.75 Å². The Morgan fingerprint density at radius 3 is 2.45 bits per heavy atom. The molecule has 0 saturated heterocycles. The molecule has 0 aromatic heterocycles. The van der Waals surface area contributed by atoms with Crippen LogP contribution >= 0.6 is 0 Å². The van der Waals surface area contributed by atoms with E-state index < -0.39 is 4.92 Å². The molecule has 0 fully saturated rings. The third-order valence-electron chi connectivity index (χ3n) is 2.84. The lowest BCUT2D eigenvalue weighted by Gasteiger charge is -2.09. The largest absolute Gasteiger partial charge is 0.450 e. The summed E-state index contributed by atoms with van der Waals surface area (Å²) in [6, 6.07) is 14.1. The molecular weight excluding hydrogens is 254 g/mol. The fraction of sp³-hybridized carbons (Fsp3) is 0.250. The van der Waals surface area contributed by atoms with Crippen molar-refractivity contribution in [1.29, 1.82) is 0 Å². The summed E-state index contributed by atoms with van der Waals surface area (Å²) >= 11 is 0. The van der Waals surface area contributed by atoms with Crippen LogP contribution in [-0.2, 0) is 6.42 Å². The van der Waals surface area contributed by atoms with Crippen molar-refractivity contribution < 1.29 is 9.66 Å². The Balaban J connectivity index is 2.34. The lowest BCUT2D eigenvalue weighted by molar-refractivity contribution is -0.385. The first-order valence-corrected chi connectivity index (χ1v) is 6.56. The number of nitrogens with zero attached hydrogens (tertiary/aromatic N) is 1. The molecule has 104 valence electrons. The van der Waals surface area contributed by atoms with E-state index in [9.17, 15) is 10.1 Å². The summed E-state index contributed by atoms with van der Waals surface area (Å²) < 4.78 is 5.65. The number of benzene rings is 2. The van der Waals surface area contributed by atoms with Crippen molar-refractivity contribution in [2.75, 3.05) is 0 Å². The fourth-order valence-corrected chi connectivity index (χ4v) is 2.00. The molecule has 0 bridgehead atoms. The van der Waals surface area contributed by atoms with Gasteiger partial charge in [-0.1, -0.05) is 38.1 Å². The first-order chi connectivity index (χ1) is 9.56. The molecule has 20 heavy (non-hydrogen) atoms. The van der Waals surface area contributed by atoms with Crippen LogP contribution in [-0.4, -0.2) is 4.92 Å². The summed E-state index contributed by atoms with van der Waals surface area (Å²) in [5.74, 6) is 1.37. The summed E-state index contributed by atoms with van der Waals surface area (Å²) in [6.07, 6.45) is 0.864. The van der Waals surface area contributed by atoms with Crippen molar-refractivity contribution in [3.05, 3.63) is 64.2 Å². The molecule has 2 aromatic carbocycles. The second-order valence-electron chi connectivity index (χ2n) is 5.07. The van der Waals surface area contributed by atoms with Crippen LogP contribution in [0, 0.1) is 16.0 Å². The van der Waals surface area contributed by atoms with E-state index in [4.69, 9.17) is 4.74 Å². The maximum absolute atomic E-state index is 11.1. The molecule has 0 aliphatic rings. The molecule has 4 heteroatoms. The van der Waals surface area contributed by atoms with Crippen LogP contribution in [0.15, 0.2) is 48.5 Å². The van der Waals surface area contributed by atoms with Crippen molar-refractivity contribution in [3.63, 3.8) is 0 Å². The lowest BCUT2D eigenvalue weighted by Crippen LogP contribution is -1.98. The van der Waals surface area contributed by atoms with Gasteiger partial charge in [0.2, 0.25) is 5.75 Å². The molecule has 0 spiro atoms. The summed E-state index contributed by atoms with van der Waals surface area (Å²) in [6.45, 7) is 4.22. The Bertz CT molecular complexity index is 594. The van der Waals surface area contributed by atoms with Crippen molar-refractivity contribution in [1.82, 2.24) is 0 Å². The van der Waals surface area contributed by atoms with Crippen molar-refractivity contribution in [2.45, 2.75) is 20.3 Å². The molecule has 0 N–H and O–H groups in total. The van der Waals surface area contributed by atoms with Gasteiger partial charge in [0, 0.05) is 6.07 Å². The van der Waals surface area contributed by atoms with Gasteiger partial charge in [-0.15, -0.1) is 0 Å². The molecule has 0 aliphatic carbocycles. The Kier molecular flexibility index (Phi) is 4.35.